The highest BCUT2D eigenvalue weighted by molar-refractivity contribution is 8.13. The maximum absolute atomic E-state index is 10.7. The molecule has 0 unspecified atom stereocenters. The summed E-state index contributed by atoms with van der Waals surface area (Å²) in [7, 11) is 1.76. The Hall–Kier alpha value is -1.25. The molecule has 0 radical (unpaired) electrons. The molecular weight excluding hydrogens is 298 g/mol. The van der Waals surface area contributed by atoms with Gasteiger partial charge in [0.1, 0.15) is 5.75 Å². The minimum Gasteiger partial charge on any atom is -0.493 e. The Morgan fingerprint density at radius 1 is 1.25 bits per heavy atom. The molecule has 0 bridgehead atoms. The van der Waals surface area contributed by atoms with Crippen LogP contribution in [0.3, 0.4) is 0 Å². The molecule has 1 aromatic carbocycles. The molecule has 0 spiro atoms. The summed E-state index contributed by atoms with van der Waals surface area (Å²) in [6.07, 6.45) is 3.13. The van der Waals surface area contributed by atoms with Crippen molar-refractivity contribution in [2.75, 3.05) is 12.4 Å². The normalized spacial score (nSPS) is 11.1. The zero-order valence-electron chi connectivity index (χ0n) is 11.4. The van der Waals surface area contributed by atoms with Crippen molar-refractivity contribution in [3.8, 4) is 11.8 Å². The summed E-state index contributed by atoms with van der Waals surface area (Å²) in [4.78, 5) is 0. The van der Waals surface area contributed by atoms with E-state index >= 15 is 0 Å². The zero-order valence-corrected chi connectivity index (χ0v) is 13.0. The van der Waals surface area contributed by atoms with Crippen molar-refractivity contribution >= 4 is 19.7 Å². The molecular formula is C14H18ClNO3S. The first-order chi connectivity index (χ1) is 9.42. The van der Waals surface area contributed by atoms with Crippen molar-refractivity contribution in [3.63, 3.8) is 0 Å². The van der Waals surface area contributed by atoms with Crippen LogP contribution in [-0.4, -0.2) is 20.8 Å². The quantitative estimate of drug-likeness (QED) is 0.545. The van der Waals surface area contributed by atoms with E-state index in [1.165, 1.54) is 0 Å². The van der Waals surface area contributed by atoms with E-state index in [-0.39, 0.29) is 5.75 Å². The summed E-state index contributed by atoms with van der Waals surface area (Å²) in [6, 6.07) is 7.43. The Morgan fingerprint density at radius 2 is 1.95 bits per heavy atom. The Balaban J connectivity index is 2.23. The smallest absolute Gasteiger partial charge is 0.232 e. The SMILES string of the molecule is Cc1ccc(C#N)cc1OCCCCCCS(=O)(=O)Cl. The van der Waals surface area contributed by atoms with Crippen LogP contribution in [0.1, 0.15) is 36.8 Å². The molecule has 0 saturated carbocycles. The first kappa shape index (κ1) is 16.8. The van der Waals surface area contributed by atoms with Gasteiger partial charge in [0.15, 0.2) is 0 Å². The minimum absolute atomic E-state index is 0.0265. The van der Waals surface area contributed by atoms with Gasteiger partial charge in [-0.25, -0.2) is 8.42 Å². The second kappa shape index (κ2) is 8.13. The second-order valence-electron chi connectivity index (χ2n) is 4.60. The van der Waals surface area contributed by atoms with Gasteiger partial charge < -0.3 is 4.74 Å². The number of rotatable bonds is 8. The number of nitriles is 1. The average Bonchev–Trinajstić information content (AvgIpc) is 2.38. The lowest BCUT2D eigenvalue weighted by atomic mass is 10.1. The Labute approximate surface area is 124 Å². The van der Waals surface area contributed by atoms with Crippen LogP contribution in [-0.2, 0) is 9.05 Å². The van der Waals surface area contributed by atoms with Gasteiger partial charge in [-0.3, -0.25) is 0 Å². The van der Waals surface area contributed by atoms with E-state index in [1.54, 1.807) is 12.1 Å². The topological polar surface area (TPSA) is 67.2 Å². The van der Waals surface area contributed by atoms with Crippen LogP contribution in [0.5, 0.6) is 5.75 Å². The third kappa shape index (κ3) is 6.78. The molecule has 0 aliphatic rings. The van der Waals surface area contributed by atoms with Gasteiger partial charge in [0, 0.05) is 10.7 Å². The third-order valence-electron chi connectivity index (χ3n) is 2.86. The van der Waals surface area contributed by atoms with Crippen molar-refractivity contribution in [1.82, 2.24) is 0 Å². The molecule has 0 amide bonds. The average molecular weight is 316 g/mol. The van der Waals surface area contributed by atoms with Gasteiger partial charge in [-0.15, -0.1) is 0 Å². The number of hydrogen-bond acceptors (Lipinski definition) is 4. The van der Waals surface area contributed by atoms with Crippen LogP contribution in [0.4, 0.5) is 0 Å². The van der Waals surface area contributed by atoms with E-state index in [0.717, 1.165) is 30.6 Å². The van der Waals surface area contributed by atoms with Gasteiger partial charge in [0.2, 0.25) is 9.05 Å². The van der Waals surface area contributed by atoms with Crippen molar-refractivity contribution < 1.29 is 13.2 Å². The summed E-state index contributed by atoms with van der Waals surface area (Å²) in [6.45, 7) is 2.49. The standard InChI is InChI=1S/C14H18ClNO3S/c1-12-6-7-13(11-16)10-14(12)19-8-4-2-3-5-9-20(15,17)18/h6-7,10H,2-5,8-9H2,1H3. The van der Waals surface area contributed by atoms with Crippen molar-refractivity contribution in [2.45, 2.75) is 32.6 Å². The molecule has 110 valence electrons. The van der Waals surface area contributed by atoms with Crippen LogP contribution < -0.4 is 4.74 Å². The van der Waals surface area contributed by atoms with E-state index in [0.29, 0.717) is 18.6 Å². The fourth-order valence-electron chi connectivity index (χ4n) is 1.74. The van der Waals surface area contributed by atoms with Crippen molar-refractivity contribution in [3.05, 3.63) is 29.3 Å². The summed E-state index contributed by atoms with van der Waals surface area (Å²) >= 11 is 0. The maximum Gasteiger partial charge on any atom is 0.232 e. The fraction of sp³-hybridized carbons (Fsp3) is 0.500. The van der Waals surface area contributed by atoms with Gasteiger partial charge in [-0.2, -0.15) is 5.26 Å². The molecule has 0 aliphatic carbocycles. The molecule has 0 N–H and O–H groups in total. The van der Waals surface area contributed by atoms with Crippen molar-refractivity contribution in [1.29, 1.82) is 5.26 Å². The lowest BCUT2D eigenvalue weighted by Crippen LogP contribution is -2.00. The summed E-state index contributed by atoms with van der Waals surface area (Å²) < 4.78 is 27.1. The molecule has 0 saturated heterocycles. The Bertz CT molecular complexity index is 579. The van der Waals surface area contributed by atoms with E-state index in [1.807, 2.05) is 13.0 Å². The van der Waals surface area contributed by atoms with Gasteiger partial charge >= 0.3 is 0 Å². The molecule has 4 nitrogen and oxygen atoms in total. The lowest BCUT2D eigenvalue weighted by Gasteiger charge is -2.09. The predicted octanol–water partition coefficient (Wildman–Crippen LogP) is 3.37. The van der Waals surface area contributed by atoms with E-state index in [4.69, 9.17) is 20.7 Å². The molecule has 6 heteroatoms. The third-order valence-corrected chi connectivity index (χ3v) is 4.10. The Morgan fingerprint density at radius 3 is 2.60 bits per heavy atom. The highest BCUT2D eigenvalue weighted by Gasteiger charge is 2.04. The first-order valence-corrected chi connectivity index (χ1v) is 8.96. The maximum atomic E-state index is 10.7. The summed E-state index contributed by atoms with van der Waals surface area (Å²) in [5, 5.41) is 8.82. The molecule has 20 heavy (non-hydrogen) atoms. The lowest BCUT2D eigenvalue weighted by molar-refractivity contribution is 0.303. The molecule has 1 rings (SSSR count). The number of aryl methyl sites for hydroxylation is 1. The fourth-order valence-corrected chi connectivity index (χ4v) is 2.61. The van der Waals surface area contributed by atoms with Gasteiger partial charge in [-0.1, -0.05) is 18.9 Å². The van der Waals surface area contributed by atoms with E-state index < -0.39 is 9.05 Å². The molecule has 0 atom stereocenters. The van der Waals surface area contributed by atoms with E-state index in [9.17, 15) is 8.42 Å². The number of nitrogens with zero attached hydrogens (tertiary/aromatic N) is 1. The van der Waals surface area contributed by atoms with Crippen LogP contribution in [0.25, 0.3) is 0 Å². The highest BCUT2D eigenvalue weighted by Crippen LogP contribution is 2.19. The molecule has 0 aromatic heterocycles. The highest BCUT2D eigenvalue weighted by atomic mass is 35.7. The minimum atomic E-state index is -3.36. The predicted molar refractivity (Wildman–Crippen MR) is 79.5 cm³/mol. The van der Waals surface area contributed by atoms with Crippen LogP contribution in [0.15, 0.2) is 18.2 Å². The molecule has 0 fully saturated rings. The van der Waals surface area contributed by atoms with Gasteiger partial charge in [0.25, 0.3) is 0 Å². The van der Waals surface area contributed by atoms with Crippen LogP contribution in [0, 0.1) is 18.3 Å². The Kier molecular flexibility index (Phi) is 6.83. The number of benzene rings is 1. The zero-order chi connectivity index (χ0) is 15.0. The molecule has 0 heterocycles. The number of ether oxygens (including phenoxy) is 1. The van der Waals surface area contributed by atoms with Crippen LogP contribution >= 0.6 is 10.7 Å². The van der Waals surface area contributed by atoms with Crippen LogP contribution in [0.2, 0.25) is 0 Å². The van der Waals surface area contributed by atoms with Gasteiger partial charge in [-0.05, 0) is 37.5 Å². The summed E-state index contributed by atoms with van der Waals surface area (Å²) in [5.41, 5.74) is 1.58. The number of unbranched alkanes of at least 4 members (excludes halogenated alkanes) is 3. The number of halogens is 1. The first-order valence-electron chi connectivity index (χ1n) is 6.48. The van der Waals surface area contributed by atoms with E-state index in [2.05, 4.69) is 6.07 Å². The monoisotopic (exact) mass is 315 g/mol. The molecule has 0 aliphatic heterocycles. The summed E-state index contributed by atoms with van der Waals surface area (Å²) in [5.74, 6) is 0.756. The van der Waals surface area contributed by atoms with Gasteiger partial charge in [0.05, 0.1) is 24.0 Å². The number of hydrogen-bond donors (Lipinski definition) is 0. The van der Waals surface area contributed by atoms with Crippen molar-refractivity contribution in [2.24, 2.45) is 0 Å². The second-order valence-corrected chi connectivity index (χ2v) is 7.49. The molecule has 1 aromatic rings. The largest absolute Gasteiger partial charge is 0.493 e.